The van der Waals surface area contributed by atoms with E-state index in [2.05, 4.69) is 10.1 Å². The molecule has 0 saturated heterocycles. The SMILES string of the molecule is COc1ccc(C=C2C(=N)N3N=C(COc4ccccc4)SC3=NC2=O)cc1. The first-order chi connectivity index (χ1) is 13.6. The number of carbonyl (C=O) groups excluding carboxylic acids is 1. The van der Waals surface area contributed by atoms with Gasteiger partial charge in [0, 0.05) is 0 Å². The largest absolute Gasteiger partial charge is 0.497 e. The highest BCUT2D eigenvalue weighted by Crippen LogP contribution is 2.28. The third kappa shape index (κ3) is 3.67. The Morgan fingerprint density at radius 3 is 2.57 bits per heavy atom. The van der Waals surface area contributed by atoms with Crippen molar-refractivity contribution in [3.05, 3.63) is 65.7 Å². The lowest BCUT2D eigenvalue weighted by atomic mass is 10.1. The minimum Gasteiger partial charge on any atom is -0.497 e. The van der Waals surface area contributed by atoms with Crippen LogP contribution in [0.5, 0.6) is 11.5 Å². The highest BCUT2D eigenvalue weighted by molar-refractivity contribution is 8.27. The Morgan fingerprint density at radius 1 is 1.11 bits per heavy atom. The molecule has 140 valence electrons. The zero-order valence-corrected chi connectivity index (χ0v) is 15.8. The van der Waals surface area contributed by atoms with Crippen molar-refractivity contribution in [3.63, 3.8) is 0 Å². The first kappa shape index (κ1) is 18.0. The monoisotopic (exact) mass is 392 g/mol. The standard InChI is InChI=1S/C20H16N4O3S/c1-26-14-9-7-13(8-10-14)11-16-18(21)24-20(22-19(16)25)28-17(23-24)12-27-15-5-3-2-4-6-15/h2-11,21H,12H2,1H3. The lowest BCUT2D eigenvalue weighted by Gasteiger charge is -2.20. The average molecular weight is 392 g/mol. The number of aliphatic imine (C=N–C) groups is 1. The predicted molar refractivity (Wildman–Crippen MR) is 110 cm³/mol. The topological polar surface area (TPSA) is 87.3 Å². The number of hydrazone groups is 1. The van der Waals surface area contributed by atoms with Crippen LogP contribution in [0, 0.1) is 5.41 Å². The molecular formula is C20H16N4O3S. The van der Waals surface area contributed by atoms with E-state index >= 15 is 0 Å². The smallest absolute Gasteiger partial charge is 0.283 e. The van der Waals surface area contributed by atoms with Gasteiger partial charge >= 0.3 is 0 Å². The maximum Gasteiger partial charge on any atom is 0.283 e. The second-order valence-corrected chi connectivity index (χ2v) is 6.93. The molecule has 2 aliphatic rings. The molecule has 7 nitrogen and oxygen atoms in total. The number of ether oxygens (including phenoxy) is 2. The lowest BCUT2D eigenvalue weighted by molar-refractivity contribution is -0.114. The Labute approximate surface area is 165 Å². The molecule has 1 amide bonds. The van der Waals surface area contributed by atoms with Crippen molar-refractivity contribution < 1.29 is 14.3 Å². The fraction of sp³-hybridized carbons (Fsp3) is 0.100. The van der Waals surface area contributed by atoms with Crippen LogP contribution in [0.3, 0.4) is 0 Å². The molecule has 0 saturated carbocycles. The van der Waals surface area contributed by atoms with Crippen molar-refractivity contribution in [2.75, 3.05) is 13.7 Å². The van der Waals surface area contributed by atoms with Crippen molar-refractivity contribution in [1.82, 2.24) is 5.01 Å². The molecule has 0 atom stereocenters. The third-order valence-corrected chi connectivity index (χ3v) is 4.91. The number of amides is 1. The van der Waals surface area contributed by atoms with Crippen molar-refractivity contribution >= 4 is 39.8 Å². The molecule has 2 aliphatic heterocycles. The van der Waals surface area contributed by atoms with Gasteiger partial charge in [-0.05, 0) is 47.7 Å². The van der Waals surface area contributed by atoms with Crippen molar-refractivity contribution in [1.29, 1.82) is 5.41 Å². The highest BCUT2D eigenvalue weighted by atomic mass is 32.2. The Hall–Kier alpha value is -3.39. The van der Waals surface area contributed by atoms with E-state index in [9.17, 15) is 4.79 Å². The molecule has 8 heteroatoms. The van der Waals surface area contributed by atoms with E-state index in [1.54, 1.807) is 25.3 Å². The predicted octanol–water partition coefficient (Wildman–Crippen LogP) is 3.39. The minimum absolute atomic E-state index is 0.00645. The summed E-state index contributed by atoms with van der Waals surface area (Å²) in [4.78, 5) is 16.5. The van der Waals surface area contributed by atoms with Crippen LogP contribution in [0.25, 0.3) is 6.08 Å². The van der Waals surface area contributed by atoms with Crippen LogP contribution < -0.4 is 9.47 Å². The van der Waals surface area contributed by atoms with Crippen LogP contribution in [0.2, 0.25) is 0 Å². The number of fused-ring (bicyclic) bond motifs is 1. The van der Waals surface area contributed by atoms with Gasteiger partial charge in [0.15, 0.2) is 5.84 Å². The summed E-state index contributed by atoms with van der Waals surface area (Å²) < 4.78 is 10.8. The van der Waals surface area contributed by atoms with E-state index in [0.717, 1.165) is 17.1 Å². The van der Waals surface area contributed by atoms with Crippen LogP contribution in [0.4, 0.5) is 0 Å². The summed E-state index contributed by atoms with van der Waals surface area (Å²) >= 11 is 1.23. The normalized spacial score (nSPS) is 17.3. The first-order valence-electron chi connectivity index (χ1n) is 8.45. The Balaban J connectivity index is 1.52. The fourth-order valence-electron chi connectivity index (χ4n) is 2.62. The molecule has 0 radical (unpaired) electrons. The van der Waals surface area contributed by atoms with Gasteiger partial charge in [-0.25, -0.2) is 0 Å². The van der Waals surface area contributed by atoms with Gasteiger partial charge < -0.3 is 9.47 Å². The molecule has 2 aromatic rings. The number of nitrogens with one attached hydrogen (secondary N) is 1. The number of hydrogen-bond acceptors (Lipinski definition) is 6. The Morgan fingerprint density at radius 2 is 1.86 bits per heavy atom. The molecule has 0 aromatic heterocycles. The van der Waals surface area contributed by atoms with Crippen LogP contribution in [0.15, 0.2) is 70.3 Å². The number of rotatable bonds is 5. The molecule has 2 heterocycles. The van der Waals surface area contributed by atoms with Gasteiger partial charge in [-0.15, -0.1) is 0 Å². The number of para-hydroxylation sites is 1. The Bertz CT molecular complexity index is 1010. The molecule has 0 bridgehead atoms. The zero-order valence-electron chi connectivity index (χ0n) is 15.0. The van der Waals surface area contributed by atoms with Gasteiger partial charge in [-0.2, -0.15) is 15.1 Å². The summed E-state index contributed by atoms with van der Waals surface area (Å²) in [5, 5.41) is 15.1. The van der Waals surface area contributed by atoms with Crippen LogP contribution in [0.1, 0.15) is 5.56 Å². The number of amidine groups is 2. The third-order valence-electron chi connectivity index (χ3n) is 4.03. The maximum absolute atomic E-state index is 12.4. The van der Waals surface area contributed by atoms with E-state index in [4.69, 9.17) is 14.9 Å². The summed E-state index contributed by atoms with van der Waals surface area (Å²) in [6.07, 6.45) is 1.63. The van der Waals surface area contributed by atoms with Gasteiger partial charge in [0.05, 0.1) is 12.7 Å². The van der Waals surface area contributed by atoms with Gasteiger partial charge in [-0.3, -0.25) is 10.2 Å². The Kier molecular flexibility index (Phi) is 4.94. The second-order valence-electron chi connectivity index (χ2n) is 5.89. The summed E-state index contributed by atoms with van der Waals surface area (Å²) in [5.74, 6) is 0.980. The quantitative estimate of drug-likeness (QED) is 0.788. The zero-order chi connectivity index (χ0) is 19.5. The number of nitrogens with zero attached hydrogens (tertiary/aromatic N) is 3. The number of benzene rings is 2. The van der Waals surface area contributed by atoms with Crippen LogP contribution in [-0.4, -0.2) is 40.7 Å². The van der Waals surface area contributed by atoms with Crippen LogP contribution in [-0.2, 0) is 4.79 Å². The average Bonchev–Trinajstić information content (AvgIpc) is 3.14. The van der Waals surface area contributed by atoms with Gasteiger partial charge in [0.1, 0.15) is 23.1 Å². The van der Waals surface area contributed by atoms with E-state index in [-0.39, 0.29) is 18.0 Å². The summed E-state index contributed by atoms with van der Waals surface area (Å²) in [6.45, 7) is 0.239. The second kappa shape index (κ2) is 7.69. The molecule has 0 aliphatic carbocycles. The highest BCUT2D eigenvalue weighted by Gasteiger charge is 2.35. The minimum atomic E-state index is -0.458. The molecule has 2 aromatic carbocycles. The number of carbonyl (C=O) groups is 1. The van der Waals surface area contributed by atoms with E-state index in [1.807, 2.05) is 42.5 Å². The number of thioether (sulfide) groups is 1. The van der Waals surface area contributed by atoms with Crippen molar-refractivity contribution in [3.8, 4) is 11.5 Å². The summed E-state index contributed by atoms with van der Waals surface area (Å²) in [7, 11) is 1.59. The van der Waals surface area contributed by atoms with Gasteiger partial charge in [0.25, 0.3) is 5.91 Å². The molecule has 28 heavy (non-hydrogen) atoms. The van der Waals surface area contributed by atoms with Gasteiger partial charge in [-0.1, -0.05) is 30.3 Å². The number of methoxy groups -OCH3 is 1. The van der Waals surface area contributed by atoms with Crippen molar-refractivity contribution in [2.45, 2.75) is 0 Å². The van der Waals surface area contributed by atoms with Gasteiger partial charge in [0.2, 0.25) is 5.17 Å². The molecule has 0 spiro atoms. The number of hydrogen-bond donors (Lipinski definition) is 1. The van der Waals surface area contributed by atoms with E-state index in [1.165, 1.54) is 16.8 Å². The lowest BCUT2D eigenvalue weighted by Crippen LogP contribution is -2.35. The molecule has 0 fully saturated rings. The molecule has 4 rings (SSSR count). The summed E-state index contributed by atoms with van der Waals surface area (Å²) in [6, 6.07) is 16.6. The molecule has 1 N–H and O–H groups in total. The van der Waals surface area contributed by atoms with E-state index in [0.29, 0.717) is 10.2 Å². The molecule has 0 unspecified atom stereocenters. The maximum atomic E-state index is 12.4. The summed E-state index contributed by atoms with van der Waals surface area (Å²) in [5.41, 5.74) is 0.958. The first-order valence-corrected chi connectivity index (χ1v) is 9.27. The van der Waals surface area contributed by atoms with Crippen molar-refractivity contribution in [2.24, 2.45) is 10.1 Å². The van der Waals surface area contributed by atoms with E-state index < -0.39 is 5.91 Å². The fourth-order valence-corrected chi connectivity index (χ4v) is 3.42. The molecular weight excluding hydrogens is 376 g/mol. The van der Waals surface area contributed by atoms with Crippen LogP contribution >= 0.6 is 11.8 Å².